The van der Waals surface area contributed by atoms with Crippen LogP contribution in [-0.4, -0.2) is 16.6 Å². The summed E-state index contributed by atoms with van der Waals surface area (Å²) in [5, 5.41) is 27.7. The van der Waals surface area contributed by atoms with Gasteiger partial charge in [-0.1, -0.05) is 11.6 Å². The molecule has 0 saturated heterocycles. The predicted molar refractivity (Wildman–Crippen MR) is 79.1 cm³/mol. The molecule has 2 N–H and O–H groups in total. The number of hydrogen-bond donors (Lipinski definition) is 2. The van der Waals surface area contributed by atoms with Crippen LogP contribution in [0.25, 0.3) is 0 Å². The Labute approximate surface area is 125 Å². The summed E-state index contributed by atoms with van der Waals surface area (Å²) in [4.78, 5) is 10.1. The van der Waals surface area contributed by atoms with Crippen molar-refractivity contribution in [3.63, 3.8) is 0 Å². The molecule has 1 aromatic carbocycles. The van der Waals surface area contributed by atoms with Crippen molar-refractivity contribution < 1.29 is 10.0 Å². The van der Waals surface area contributed by atoms with Gasteiger partial charge in [-0.25, -0.2) is 0 Å². The van der Waals surface area contributed by atoms with E-state index >= 15 is 0 Å². The van der Waals surface area contributed by atoms with Gasteiger partial charge in [-0.15, -0.1) is 0 Å². The molecule has 20 heavy (non-hydrogen) atoms. The molecule has 0 saturated carbocycles. The minimum absolute atomic E-state index is 0.0305. The Bertz CT molecular complexity index is 589. The van der Waals surface area contributed by atoms with Crippen LogP contribution in [0.1, 0.15) is 17.2 Å². The maximum Gasteiger partial charge on any atom is 0.270 e. The monoisotopic (exact) mass is 312 g/mol. The maximum atomic E-state index is 10.6. The third-order valence-corrected chi connectivity index (χ3v) is 3.88. The molecule has 0 radical (unpaired) electrons. The standard InChI is InChI=1S/C13H13ClN2O3S/c14-12-5-11(16(18)19)2-1-9(12)6-15-7-13(17)10-3-4-20-8-10/h1-5,8,13,15,17H,6-7H2. The number of nitrogens with zero attached hydrogens (tertiary/aromatic N) is 1. The number of aliphatic hydroxyl groups excluding tert-OH is 1. The van der Waals surface area contributed by atoms with Gasteiger partial charge in [-0.2, -0.15) is 11.3 Å². The van der Waals surface area contributed by atoms with E-state index in [4.69, 9.17) is 11.6 Å². The van der Waals surface area contributed by atoms with Gasteiger partial charge in [0, 0.05) is 25.2 Å². The smallest absolute Gasteiger partial charge is 0.270 e. The first kappa shape index (κ1) is 14.9. The van der Waals surface area contributed by atoms with Gasteiger partial charge in [0.1, 0.15) is 0 Å². The van der Waals surface area contributed by atoms with Crippen molar-refractivity contribution in [2.75, 3.05) is 6.54 Å². The van der Waals surface area contributed by atoms with E-state index in [0.717, 1.165) is 11.1 Å². The number of nitro benzene ring substituents is 1. The first-order valence-electron chi connectivity index (χ1n) is 5.91. The lowest BCUT2D eigenvalue weighted by Crippen LogP contribution is -2.20. The molecule has 1 aromatic heterocycles. The number of nitro groups is 1. The number of halogens is 1. The van der Waals surface area contributed by atoms with E-state index in [1.54, 1.807) is 6.07 Å². The van der Waals surface area contributed by atoms with Gasteiger partial charge in [0.25, 0.3) is 5.69 Å². The Morgan fingerprint density at radius 1 is 1.45 bits per heavy atom. The van der Waals surface area contributed by atoms with E-state index in [-0.39, 0.29) is 5.69 Å². The second kappa shape index (κ2) is 6.81. The zero-order chi connectivity index (χ0) is 14.5. The van der Waals surface area contributed by atoms with Crippen LogP contribution in [0.2, 0.25) is 5.02 Å². The summed E-state index contributed by atoms with van der Waals surface area (Å²) in [5.41, 5.74) is 1.60. The van der Waals surface area contributed by atoms with Gasteiger partial charge in [-0.3, -0.25) is 10.1 Å². The fourth-order valence-corrected chi connectivity index (χ4v) is 2.67. The molecule has 0 amide bonds. The van der Waals surface area contributed by atoms with E-state index in [0.29, 0.717) is 18.1 Å². The molecule has 0 aliphatic heterocycles. The van der Waals surface area contributed by atoms with Crippen LogP contribution in [0.3, 0.4) is 0 Å². The number of non-ortho nitro benzene ring substituents is 1. The average molecular weight is 313 g/mol. The second-order valence-corrected chi connectivity index (χ2v) is 5.42. The summed E-state index contributed by atoms with van der Waals surface area (Å²) >= 11 is 7.51. The summed E-state index contributed by atoms with van der Waals surface area (Å²) in [6.45, 7) is 0.835. The Hall–Kier alpha value is -1.47. The third-order valence-electron chi connectivity index (χ3n) is 2.83. The number of aliphatic hydroxyl groups is 1. The molecule has 5 nitrogen and oxygen atoms in total. The van der Waals surface area contributed by atoms with Crippen LogP contribution in [-0.2, 0) is 6.54 Å². The lowest BCUT2D eigenvalue weighted by atomic mass is 10.1. The molecule has 106 valence electrons. The normalized spacial score (nSPS) is 12.3. The Morgan fingerprint density at radius 3 is 2.85 bits per heavy atom. The van der Waals surface area contributed by atoms with Crippen LogP contribution >= 0.6 is 22.9 Å². The lowest BCUT2D eigenvalue weighted by molar-refractivity contribution is -0.384. The molecule has 1 heterocycles. The largest absolute Gasteiger partial charge is 0.387 e. The number of benzene rings is 1. The first-order chi connectivity index (χ1) is 9.58. The van der Waals surface area contributed by atoms with Crippen LogP contribution in [0, 0.1) is 10.1 Å². The lowest BCUT2D eigenvalue weighted by Gasteiger charge is -2.11. The summed E-state index contributed by atoms with van der Waals surface area (Å²) in [5.74, 6) is 0. The highest BCUT2D eigenvalue weighted by Crippen LogP contribution is 2.22. The third kappa shape index (κ3) is 3.77. The van der Waals surface area contributed by atoms with Gasteiger partial charge in [-0.05, 0) is 34.0 Å². The highest BCUT2D eigenvalue weighted by molar-refractivity contribution is 7.07. The maximum absolute atomic E-state index is 10.6. The van der Waals surface area contributed by atoms with Crippen LogP contribution < -0.4 is 5.32 Å². The minimum atomic E-state index is -0.571. The minimum Gasteiger partial charge on any atom is -0.387 e. The molecule has 0 aliphatic carbocycles. The van der Waals surface area contributed by atoms with E-state index in [9.17, 15) is 15.2 Å². The van der Waals surface area contributed by atoms with Crippen LogP contribution in [0.15, 0.2) is 35.0 Å². The highest BCUT2D eigenvalue weighted by Gasteiger charge is 2.10. The van der Waals surface area contributed by atoms with E-state index < -0.39 is 11.0 Å². The quantitative estimate of drug-likeness (QED) is 0.634. The molecule has 0 spiro atoms. The van der Waals surface area contributed by atoms with Crippen molar-refractivity contribution >= 4 is 28.6 Å². The van der Waals surface area contributed by atoms with E-state index in [2.05, 4.69) is 5.32 Å². The van der Waals surface area contributed by atoms with Crippen LogP contribution in [0.5, 0.6) is 0 Å². The number of rotatable bonds is 6. The van der Waals surface area contributed by atoms with Crippen molar-refractivity contribution in [1.82, 2.24) is 5.32 Å². The fourth-order valence-electron chi connectivity index (χ4n) is 1.72. The summed E-state index contributed by atoms with van der Waals surface area (Å²) in [6.07, 6.45) is -0.571. The van der Waals surface area contributed by atoms with Crippen molar-refractivity contribution in [2.45, 2.75) is 12.6 Å². The zero-order valence-corrected chi connectivity index (χ0v) is 12.0. The summed E-state index contributed by atoms with van der Waals surface area (Å²) in [6, 6.07) is 6.23. The molecule has 1 unspecified atom stereocenters. The molecule has 2 aromatic rings. The van der Waals surface area contributed by atoms with Gasteiger partial charge < -0.3 is 10.4 Å². The van der Waals surface area contributed by atoms with Crippen molar-refractivity contribution in [3.05, 3.63) is 61.3 Å². The number of thiophene rings is 1. The second-order valence-electron chi connectivity index (χ2n) is 4.24. The van der Waals surface area contributed by atoms with Gasteiger partial charge in [0.15, 0.2) is 0 Å². The number of hydrogen-bond acceptors (Lipinski definition) is 5. The molecule has 1 atom stereocenters. The molecule has 0 aliphatic rings. The first-order valence-corrected chi connectivity index (χ1v) is 7.23. The molecule has 0 fully saturated rings. The molecule has 7 heteroatoms. The summed E-state index contributed by atoms with van der Waals surface area (Å²) in [7, 11) is 0. The van der Waals surface area contributed by atoms with Crippen LogP contribution in [0.4, 0.5) is 5.69 Å². The molecule has 0 bridgehead atoms. The number of nitrogens with one attached hydrogen (secondary N) is 1. The van der Waals surface area contributed by atoms with Crippen molar-refractivity contribution in [3.8, 4) is 0 Å². The highest BCUT2D eigenvalue weighted by atomic mass is 35.5. The fraction of sp³-hybridized carbons (Fsp3) is 0.231. The van der Waals surface area contributed by atoms with E-state index in [1.807, 2.05) is 16.8 Å². The Kier molecular flexibility index (Phi) is 5.08. The van der Waals surface area contributed by atoms with Gasteiger partial charge >= 0.3 is 0 Å². The average Bonchev–Trinajstić information content (AvgIpc) is 2.94. The predicted octanol–water partition coefficient (Wildman–Crippen LogP) is 3.13. The summed E-state index contributed by atoms with van der Waals surface area (Å²) < 4.78 is 0. The molecule has 2 rings (SSSR count). The van der Waals surface area contributed by atoms with Gasteiger partial charge in [0.2, 0.25) is 0 Å². The molecular weight excluding hydrogens is 300 g/mol. The van der Waals surface area contributed by atoms with E-state index in [1.165, 1.54) is 23.5 Å². The SMILES string of the molecule is O=[N+]([O-])c1ccc(CNCC(O)c2ccsc2)c(Cl)c1. The Balaban J connectivity index is 1.90. The Morgan fingerprint density at radius 2 is 2.25 bits per heavy atom. The molecular formula is C13H13ClN2O3S. The van der Waals surface area contributed by atoms with Crippen molar-refractivity contribution in [1.29, 1.82) is 0 Å². The topological polar surface area (TPSA) is 75.4 Å². The van der Waals surface area contributed by atoms with Gasteiger partial charge in [0.05, 0.1) is 16.0 Å². The van der Waals surface area contributed by atoms with Crippen molar-refractivity contribution in [2.24, 2.45) is 0 Å². The zero-order valence-electron chi connectivity index (χ0n) is 10.5.